The monoisotopic (exact) mass is 299 g/mol. The van der Waals surface area contributed by atoms with Gasteiger partial charge in [0.15, 0.2) is 0 Å². The third-order valence-electron chi connectivity index (χ3n) is 3.90. The quantitative estimate of drug-likeness (QED) is 0.626. The smallest absolute Gasteiger partial charge is 0.123 e. The van der Waals surface area contributed by atoms with E-state index in [9.17, 15) is 5.11 Å². The van der Waals surface area contributed by atoms with Crippen LogP contribution in [0.3, 0.4) is 0 Å². The molecular weight excluding hydrogens is 274 g/mol. The fourth-order valence-electron chi connectivity index (χ4n) is 2.92. The summed E-state index contributed by atoms with van der Waals surface area (Å²) >= 11 is 0. The van der Waals surface area contributed by atoms with Crippen LogP contribution in [-0.2, 0) is 6.54 Å². The van der Waals surface area contributed by atoms with Gasteiger partial charge in [0.1, 0.15) is 5.82 Å². The lowest BCUT2D eigenvalue weighted by Gasteiger charge is -2.15. The van der Waals surface area contributed by atoms with Gasteiger partial charge >= 0.3 is 0 Å². The Morgan fingerprint density at radius 2 is 2.14 bits per heavy atom. The van der Waals surface area contributed by atoms with E-state index in [0.717, 1.165) is 25.2 Å². The molecule has 1 heterocycles. The number of nitrogens with zero attached hydrogens (tertiary/aromatic N) is 2. The maximum atomic E-state index is 10.3. The first-order chi connectivity index (χ1) is 10.6. The van der Waals surface area contributed by atoms with E-state index in [1.807, 2.05) is 25.1 Å². The normalized spacial score (nSPS) is 23.7. The summed E-state index contributed by atoms with van der Waals surface area (Å²) in [5.74, 6) is 0.671. The summed E-state index contributed by atoms with van der Waals surface area (Å²) in [6, 6.07) is 10.3. The molecular formula is C18H25N3O. The molecule has 0 radical (unpaired) electrons. The van der Waals surface area contributed by atoms with Gasteiger partial charge in [0.25, 0.3) is 0 Å². The van der Waals surface area contributed by atoms with Crippen molar-refractivity contribution in [1.82, 2.24) is 4.90 Å². The standard InChI is InChI=1S/C18H25N3O/c1-3-7-18(19)20-14(2)10-16-12-21(13-17(16)22)11-15-8-5-4-6-9-15/h3-9,16-17,22H,1,10-13,19H2,2H3/b18-7-,20-14?/t16-,17-/m0/s1. The third-order valence-corrected chi connectivity index (χ3v) is 3.90. The number of allylic oxidation sites excluding steroid dienone is 2. The minimum Gasteiger partial charge on any atom is -0.391 e. The molecule has 1 saturated heterocycles. The fraction of sp³-hybridized carbons (Fsp3) is 0.389. The average Bonchev–Trinajstić information content (AvgIpc) is 2.79. The van der Waals surface area contributed by atoms with Crippen LogP contribution in [0.5, 0.6) is 0 Å². The zero-order chi connectivity index (χ0) is 15.9. The lowest BCUT2D eigenvalue weighted by Crippen LogP contribution is -2.21. The lowest BCUT2D eigenvalue weighted by atomic mass is 9.99. The highest BCUT2D eigenvalue weighted by Crippen LogP contribution is 2.22. The second-order valence-corrected chi connectivity index (χ2v) is 5.89. The van der Waals surface area contributed by atoms with Crippen LogP contribution < -0.4 is 5.73 Å². The summed E-state index contributed by atoms with van der Waals surface area (Å²) in [4.78, 5) is 6.62. The lowest BCUT2D eigenvalue weighted by molar-refractivity contribution is 0.143. The number of aliphatic hydroxyl groups excluding tert-OH is 1. The Hall–Kier alpha value is -1.91. The topological polar surface area (TPSA) is 61.8 Å². The molecule has 0 saturated carbocycles. The molecule has 0 unspecified atom stereocenters. The summed E-state index contributed by atoms with van der Waals surface area (Å²) in [5, 5.41) is 10.3. The third kappa shape index (κ3) is 4.83. The van der Waals surface area contributed by atoms with Crippen molar-refractivity contribution in [2.24, 2.45) is 16.6 Å². The van der Waals surface area contributed by atoms with Crippen LogP contribution in [0.25, 0.3) is 0 Å². The molecule has 2 rings (SSSR count). The molecule has 0 aromatic heterocycles. The van der Waals surface area contributed by atoms with Crippen LogP contribution in [-0.4, -0.2) is 34.9 Å². The molecule has 1 aromatic carbocycles. The van der Waals surface area contributed by atoms with Crippen LogP contribution >= 0.6 is 0 Å². The highest BCUT2D eigenvalue weighted by atomic mass is 16.3. The maximum absolute atomic E-state index is 10.3. The Balaban J connectivity index is 1.91. The van der Waals surface area contributed by atoms with Gasteiger partial charge in [0.05, 0.1) is 6.10 Å². The number of β-amino-alcohol motifs (C(OH)–C–C–N with tert-alkyl or cyclic N) is 1. The molecule has 1 aliphatic rings. The van der Waals surface area contributed by atoms with Crippen LogP contribution in [0.15, 0.2) is 59.9 Å². The van der Waals surface area contributed by atoms with E-state index in [4.69, 9.17) is 5.73 Å². The number of nitrogens with two attached hydrogens (primary N) is 1. The van der Waals surface area contributed by atoms with E-state index in [1.165, 1.54) is 5.56 Å². The SMILES string of the molecule is C=C/C=C(/N)N=C(C)C[C@H]1CN(Cc2ccccc2)C[C@@H]1O. The van der Waals surface area contributed by atoms with Gasteiger partial charge in [-0.1, -0.05) is 43.0 Å². The molecule has 0 bridgehead atoms. The first-order valence-electron chi connectivity index (χ1n) is 7.65. The van der Waals surface area contributed by atoms with Gasteiger partial charge in [-0.3, -0.25) is 4.90 Å². The predicted octanol–water partition coefficient (Wildman–Crippen LogP) is 2.32. The molecule has 0 amide bonds. The zero-order valence-corrected chi connectivity index (χ0v) is 13.2. The zero-order valence-electron chi connectivity index (χ0n) is 13.2. The summed E-state index contributed by atoms with van der Waals surface area (Å²) in [6.45, 7) is 8.03. The predicted molar refractivity (Wildman–Crippen MR) is 91.4 cm³/mol. The van der Waals surface area contributed by atoms with Crippen molar-refractivity contribution >= 4 is 5.71 Å². The Kier molecular flexibility index (Phi) is 5.92. The number of hydrogen-bond acceptors (Lipinski definition) is 4. The maximum Gasteiger partial charge on any atom is 0.123 e. The van der Waals surface area contributed by atoms with E-state index in [1.54, 1.807) is 12.2 Å². The number of benzene rings is 1. The number of rotatable bonds is 6. The van der Waals surface area contributed by atoms with Crippen molar-refractivity contribution in [3.8, 4) is 0 Å². The average molecular weight is 299 g/mol. The van der Waals surface area contributed by atoms with Crippen molar-refractivity contribution in [1.29, 1.82) is 0 Å². The number of aliphatic imine (C=N–C) groups is 1. The molecule has 1 aromatic rings. The van der Waals surface area contributed by atoms with Gasteiger partial charge in [0.2, 0.25) is 0 Å². The molecule has 4 nitrogen and oxygen atoms in total. The van der Waals surface area contributed by atoms with E-state index in [-0.39, 0.29) is 12.0 Å². The molecule has 22 heavy (non-hydrogen) atoms. The molecule has 3 N–H and O–H groups in total. The van der Waals surface area contributed by atoms with Gasteiger partial charge in [-0.05, 0) is 25.0 Å². The number of hydrogen-bond donors (Lipinski definition) is 2. The van der Waals surface area contributed by atoms with E-state index < -0.39 is 0 Å². The van der Waals surface area contributed by atoms with Crippen molar-refractivity contribution in [2.45, 2.75) is 26.0 Å². The largest absolute Gasteiger partial charge is 0.391 e. The highest BCUT2D eigenvalue weighted by molar-refractivity contribution is 5.83. The van der Waals surface area contributed by atoms with Crippen molar-refractivity contribution in [3.63, 3.8) is 0 Å². The van der Waals surface area contributed by atoms with Crippen LogP contribution in [0, 0.1) is 5.92 Å². The van der Waals surface area contributed by atoms with Crippen molar-refractivity contribution < 1.29 is 5.11 Å². The summed E-state index contributed by atoms with van der Waals surface area (Å²) < 4.78 is 0. The minimum atomic E-state index is -0.307. The van der Waals surface area contributed by atoms with Crippen LogP contribution in [0.4, 0.5) is 0 Å². The van der Waals surface area contributed by atoms with Crippen molar-refractivity contribution in [2.75, 3.05) is 13.1 Å². The first kappa shape index (κ1) is 16.5. The molecule has 2 atom stereocenters. The van der Waals surface area contributed by atoms with Gasteiger partial charge in [0, 0.05) is 31.3 Å². The summed E-state index contributed by atoms with van der Waals surface area (Å²) in [7, 11) is 0. The second-order valence-electron chi connectivity index (χ2n) is 5.89. The Labute approximate surface area is 132 Å². The van der Waals surface area contributed by atoms with E-state index in [2.05, 4.69) is 28.6 Å². The molecule has 0 aliphatic carbocycles. The minimum absolute atomic E-state index is 0.212. The van der Waals surface area contributed by atoms with E-state index >= 15 is 0 Å². The van der Waals surface area contributed by atoms with Gasteiger partial charge in [-0.15, -0.1) is 0 Å². The van der Waals surface area contributed by atoms with Gasteiger partial charge < -0.3 is 10.8 Å². The second kappa shape index (κ2) is 7.92. The van der Waals surface area contributed by atoms with Crippen LogP contribution in [0.2, 0.25) is 0 Å². The van der Waals surface area contributed by atoms with Crippen LogP contribution in [0.1, 0.15) is 18.9 Å². The Morgan fingerprint density at radius 3 is 2.82 bits per heavy atom. The van der Waals surface area contributed by atoms with Gasteiger partial charge in [-0.25, -0.2) is 4.99 Å². The first-order valence-corrected chi connectivity index (χ1v) is 7.65. The fourth-order valence-corrected chi connectivity index (χ4v) is 2.92. The molecule has 118 valence electrons. The molecule has 4 heteroatoms. The Bertz CT molecular complexity index is 551. The number of aliphatic hydroxyl groups is 1. The van der Waals surface area contributed by atoms with Gasteiger partial charge in [-0.2, -0.15) is 0 Å². The molecule has 1 aliphatic heterocycles. The summed E-state index contributed by atoms with van der Waals surface area (Å²) in [5.41, 5.74) is 7.98. The van der Waals surface area contributed by atoms with Crippen molar-refractivity contribution in [3.05, 3.63) is 60.4 Å². The van der Waals surface area contributed by atoms with E-state index in [0.29, 0.717) is 12.4 Å². The highest BCUT2D eigenvalue weighted by Gasteiger charge is 2.31. The summed E-state index contributed by atoms with van der Waals surface area (Å²) in [6.07, 6.45) is 3.76. The molecule has 0 spiro atoms. The molecule has 1 fully saturated rings. The Morgan fingerprint density at radius 1 is 1.41 bits per heavy atom. The number of likely N-dealkylation sites (tertiary alicyclic amines) is 1.